The van der Waals surface area contributed by atoms with Crippen LogP contribution in [0.3, 0.4) is 0 Å². The van der Waals surface area contributed by atoms with Gasteiger partial charge in [-0.3, -0.25) is 4.79 Å². The number of carbonyl (C=O) groups excluding carboxylic acids is 1. The van der Waals surface area contributed by atoms with Gasteiger partial charge in [-0.05, 0) is 51.1 Å². The Bertz CT molecular complexity index is 723. The largest absolute Gasteiger partial charge is 0.454 e. The second kappa shape index (κ2) is 5.75. The number of amides is 1. The normalized spacial score (nSPS) is 12.8. The SMILES string of the molecule is CC(C)(C)Nc1ccc(NC(=O)c2ccc3c(c2)OCO3)nn1. The third-order valence-electron chi connectivity index (χ3n) is 3.04. The van der Waals surface area contributed by atoms with Crippen LogP contribution in [0, 0.1) is 0 Å². The molecule has 1 aromatic heterocycles. The van der Waals surface area contributed by atoms with Crippen LogP contribution >= 0.6 is 0 Å². The average Bonchev–Trinajstić information content (AvgIpc) is 2.95. The molecular formula is C16H18N4O3. The first-order valence-electron chi connectivity index (χ1n) is 7.24. The highest BCUT2D eigenvalue weighted by Gasteiger charge is 2.17. The monoisotopic (exact) mass is 314 g/mol. The third kappa shape index (κ3) is 3.68. The van der Waals surface area contributed by atoms with E-state index in [1.165, 1.54) is 0 Å². The van der Waals surface area contributed by atoms with Crippen LogP contribution in [0.15, 0.2) is 30.3 Å². The maximum Gasteiger partial charge on any atom is 0.257 e. The molecule has 0 spiro atoms. The number of hydrogen-bond acceptors (Lipinski definition) is 6. The van der Waals surface area contributed by atoms with E-state index in [4.69, 9.17) is 9.47 Å². The Hall–Kier alpha value is -2.83. The molecule has 7 nitrogen and oxygen atoms in total. The molecular weight excluding hydrogens is 296 g/mol. The molecule has 1 aliphatic rings. The van der Waals surface area contributed by atoms with E-state index in [0.717, 1.165) is 0 Å². The Morgan fingerprint density at radius 2 is 1.74 bits per heavy atom. The minimum atomic E-state index is -0.283. The number of aromatic nitrogens is 2. The van der Waals surface area contributed by atoms with Crippen molar-refractivity contribution in [2.45, 2.75) is 26.3 Å². The molecule has 2 N–H and O–H groups in total. The Balaban J connectivity index is 1.68. The van der Waals surface area contributed by atoms with Gasteiger partial charge < -0.3 is 20.1 Å². The fraction of sp³-hybridized carbons (Fsp3) is 0.312. The van der Waals surface area contributed by atoms with Gasteiger partial charge in [0.1, 0.15) is 5.82 Å². The maximum atomic E-state index is 12.2. The lowest BCUT2D eigenvalue weighted by Crippen LogP contribution is -2.26. The second-order valence-electron chi connectivity index (χ2n) is 6.20. The van der Waals surface area contributed by atoms with Crippen LogP contribution in [0.2, 0.25) is 0 Å². The fourth-order valence-electron chi connectivity index (χ4n) is 2.08. The highest BCUT2D eigenvalue weighted by Crippen LogP contribution is 2.32. The first kappa shape index (κ1) is 15.1. The van der Waals surface area contributed by atoms with Crippen molar-refractivity contribution in [1.29, 1.82) is 0 Å². The topological polar surface area (TPSA) is 85.4 Å². The Morgan fingerprint density at radius 1 is 1.04 bits per heavy atom. The van der Waals surface area contributed by atoms with Crippen LogP contribution in [-0.2, 0) is 0 Å². The van der Waals surface area contributed by atoms with Crippen LogP contribution in [0.5, 0.6) is 11.5 Å². The predicted octanol–water partition coefficient (Wildman–Crippen LogP) is 2.67. The van der Waals surface area contributed by atoms with Crippen LogP contribution in [0.4, 0.5) is 11.6 Å². The lowest BCUT2D eigenvalue weighted by atomic mass is 10.1. The summed E-state index contributed by atoms with van der Waals surface area (Å²) >= 11 is 0. The molecule has 0 saturated heterocycles. The molecule has 120 valence electrons. The smallest absolute Gasteiger partial charge is 0.257 e. The summed E-state index contributed by atoms with van der Waals surface area (Å²) in [5, 5.41) is 14.0. The molecule has 0 atom stereocenters. The van der Waals surface area contributed by atoms with Crippen LogP contribution in [0.25, 0.3) is 0 Å². The number of hydrogen-bond donors (Lipinski definition) is 2. The average molecular weight is 314 g/mol. The minimum Gasteiger partial charge on any atom is -0.454 e. The van der Waals surface area contributed by atoms with Gasteiger partial charge in [-0.2, -0.15) is 0 Å². The van der Waals surface area contributed by atoms with E-state index >= 15 is 0 Å². The molecule has 1 aliphatic heterocycles. The molecule has 2 aromatic rings. The number of nitrogens with one attached hydrogen (secondary N) is 2. The summed E-state index contributed by atoms with van der Waals surface area (Å²) in [5.41, 5.74) is 0.360. The minimum absolute atomic E-state index is 0.105. The van der Waals surface area contributed by atoms with Crippen LogP contribution in [-0.4, -0.2) is 28.4 Å². The van der Waals surface area contributed by atoms with Crippen molar-refractivity contribution in [2.24, 2.45) is 0 Å². The number of fused-ring (bicyclic) bond motifs is 1. The molecule has 0 unspecified atom stereocenters. The quantitative estimate of drug-likeness (QED) is 0.906. The zero-order chi connectivity index (χ0) is 16.4. The van der Waals surface area contributed by atoms with Crippen molar-refractivity contribution in [3.8, 4) is 11.5 Å². The Kier molecular flexibility index (Phi) is 3.77. The van der Waals surface area contributed by atoms with Gasteiger partial charge >= 0.3 is 0 Å². The Morgan fingerprint density at radius 3 is 2.43 bits per heavy atom. The van der Waals surface area contributed by atoms with E-state index in [1.54, 1.807) is 30.3 Å². The molecule has 1 amide bonds. The number of rotatable bonds is 3. The zero-order valence-electron chi connectivity index (χ0n) is 13.2. The zero-order valence-corrected chi connectivity index (χ0v) is 13.2. The number of carbonyl (C=O) groups is 1. The second-order valence-corrected chi connectivity index (χ2v) is 6.20. The molecule has 2 heterocycles. The van der Waals surface area contributed by atoms with Gasteiger partial charge in [0.25, 0.3) is 5.91 Å². The molecule has 0 aliphatic carbocycles. The number of anilines is 2. The number of ether oxygens (including phenoxy) is 2. The van der Waals surface area contributed by atoms with Gasteiger partial charge in [0.05, 0.1) is 0 Å². The fourth-order valence-corrected chi connectivity index (χ4v) is 2.08. The lowest BCUT2D eigenvalue weighted by molar-refractivity contribution is 0.102. The van der Waals surface area contributed by atoms with Crippen LogP contribution < -0.4 is 20.1 Å². The number of benzene rings is 1. The molecule has 23 heavy (non-hydrogen) atoms. The molecule has 1 aromatic carbocycles. The summed E-state index contributed by atoms with van der Waals surface area (Å²) in [4.78, 5) is 12.2. The van der Waals surface area contributed by atoms with Crippen molar-refractivity contribution in [3.63, 3.8) is 0 Å². The van der Waals surface area contributed by atoms with Crippen molar-refractivity contribution in [3.05, 3.63) is 35.9 Å². The summed E-state index contributed by atoms with van der Waals surface area (Å²) < 4.78 is 10.5. The van der Waals surface area contributed by atoms with E-state index in [0.29, 0.717) is 28.7 Å². The highest BCUT2D eigenvalue weighted by molar-refractivity contribution is 6.04. The molecule has 0 saturated carbocycles. The number of nitrogens with zero attached hydrogens (tertiary/aromatic N) is 2. The summed E-state index contributed by atoms with van der Waals surface area (Å²) in [6, 6.07) is 8.49. The van der Waals surface area contributed by atoms with E-state index < -0.39 is 0 Å². The van der Waals surface area contributed by atoms with Crippen molar-refractivity contribution in [2.75, 3.05) is 17.4 Å². The van der Waals surface area contributed by atoms with Crippen LogP contribution in [0.1, 0.15) is 31.1 Å². The van der Waals surface area contributed by atoms with E-state index in [2.05, 4.69) is 20.8 Å². The van der Waals surface area contributed by atoms with Gasteiger partial charge in [0, 0.05) is 11.1 Å². The predicted molar refractivity (Wildman–Crippen MR) is 85.9 cm³/mol. The molecule has 3 rings (SSSR count). The Labute approximate surface area is 134 Å². The molecule has 0 fully saturated rings. The van der Waals surface area contributed by atoms with Gasteiger partial charge in [0.15, 0.2) is 17.3 Å². The lowest BCUT2D eigenvalue weighted by Gasteiger charge is -2.20. The summed E-state index contributed by atoms with van der Waals surface area (Å²) in [6.45, 7) is 6.27. The van der Waals surface area contributed by atoms with Gasteiger partial charge in [-0.25, -0.2) is 0 Å². The molecule has 0 bridgehead atoms. The van der Waals surface area contributed by atoms with Gasteiger partial charge in [-0.15, -0.1) is 10.2 Å². The van der Waals surface area contributed by atoms with E-state index in [-0.39, 0.29) is 18.2 Å². The van der Waals surface area contributed by atoms with Crippen molar-refractivity contribution in [1.82, 2.24) is 10.2 Å². The summed E-state index contributed by atoms with van der Waals surface area (Å²) in [5.74, 6) is 1.95. The van der Waals surface area contributed by atoms with E-state index in [9.17, 15) is 4.79 Å². The first-order chi connectivity index (χ1) is 10.9. The van der Waals surface area contributed by atoms with E-state index in [1.807, 2.05) is 20.8 Å². The highest BCUT2D eigenvalue weighted by atomic mass is 16.7. The van der Waals surface area contributed by atoms with Crippen molar-refractivity contribution < 1.29 is 14.3 Å². The maximum absolute atomic E-state index is 12.2. The molecule has 7 heteroatoms. The van der Waals surface area contributed by atoms with Gasteiger partial charge in [0.2, 0.25) is 6.79 Å². The summed E-state index contributed by atoms with van der Waals surface area (Å²) in [6.07, 6.45) is 0. The molecule has 0 radical (unpaired) electrons. The summed E-state index contributed by atoms with van der Waals surface area (Å²) in [7, 11) is 0. The van der Waals surface area contributed by atoms with Gasteiger partial charge in [-0.1, -0.05) is 0 Å². The standard InChI is InChI=1S/C16H18N4O3/c1-16(2,3)18-14-7-6-13(19-20-14)17-15(21)10-4-5-11-12(8-10)23-9-22-11/h4-8H,9H2,1-3H3,(H,18,20)(H,17,19,21). The first-order valence-corrected chi connectivity index (χ1v) is 7.24. The van der Waals surface area contributed by atoms with Crippen molar-refractivity contribution >= 4 is 17.5 Å². The third-order valence-corrected chi connectivity index (χ3v) is 3.04.